The number of pyridine rings is 1. The molecule has 0 spiro atoms. The predicted octanol–water partition coefficient (Wildman–Crippen LogP) is 0.902. The Morgan fingerprint density at radius 3 is 2.82 bits per heavy atom. The molecule has 2 rings (SSSR count). The van der Waals surface area contributed by atoms with Gasteiger partial charge in [-0.1, -0.05) is 0 Å². The fourth-order valence-corrected chi connectivity index (χ4v) is 2.31. The molecule has 92 valence electrons. The molecule has 0 aromatic carbocycles. The van der Waals surface area contributed by atoms with Crippen molar-refractivity contribution in [2.45, 2.75) is 12.0 Å². The molecule has 0 bridgehead atoms. The molecule has 1 aliphatic heterocycles. The predicted molar refractivity (Wildman–Crippen MR) is 64.6 cm³/mol. The fourth-order valence-electron chi connectivity index (χ4n) is 1.89. The van der Waals surface area contributed by atoms with Gasteiger partial charge >= 0.3 is 0 Å². The Morgan fingerprint density at radius 1 is 1.59 bits per heavy atom. The number of aliphatic hydroxyl groups is 1. The molecule has 1 amide bonds. The summed E-state index contributed by atoms with van der Waals surface area (Å²) in [5.74, 6) is 0.225. The molecule has 1 N–H and O–H groups in total. The van der Waals surface area contributed by atoms with E-state index >= 15 is 0 Å². The molecule has 0 aliphatic carbocycles. The average molecular weight is 301 g/mol. The lowest BCUT2D eigenvalue weighted by molar-refractivity contribution is -0.143. The summed E-state index contributed by atoms with van der Waals surface area (Å²) in [6.45, 7) is 0.520. The molecule has 1 aromatic rings. The van der Waals surface area contributed by atoms with Crippen LogP contribution in [0.2, 0.25) is 0 Å². The molecule has 1 unspecified atom stereocenters. The standard InChI is InChI=1S/C11H13BrN2O3/c1-14-4-3-11(16,10(14)15)8-5-7(17-2)6-9(12)13-8/h5-6,16H,3-4H2,1-2H3. The highest BCUT2D eigenvalue weighted by molar-refractivity contribution is 9.10. The number of nitrogens with zero attached hydrogens (tertiary/aromatic N) is 2. The summed E-state index contributed by atoms with van der Waals surface area (Å²) in [5.41, 5.74) is -1.22. The summed E-state index contributed by atoms with van der Waals surface area (Å²) < 4.78 is 5.63. The molecule has 0 saturated carbocycles. The van der Waals surface area contributed by atoms with Gasteiger partial charge in [0, 0.05) is 32.1 Å². The van der Waals surface area contributed by atoms with Gasteiger partial charge in [0.15, 0.2) is 5.60 Å². The molecule has 1 fully saturated rings. The van der Waals surface area contributed by atoms with Crippen LogP contribution in [0.5, 0.6) is 5.75 Å². The van der Waals surface area contributed by atoms with Crippen molar-refractivity contribution in [1.29, 1.82) is 0 Å². The van der Waals surface area contributed by atoms with Crippen molar-refractivity contribution < 1.29 is 14.6 Å². The number of aromatic nitrogens is 1. The van der Waals surface area contributed by atoms with Gasteiger partial charge in [-0.2, -0.15) is 0 Å². The smallest absolute Gasteiger partial charge is 0.260 e. The van der Waals surface area contributed by atoms with E-state index in [0.717, 1.165) is 0 Å². The van der Waals surface area contributed by atoms with E-state index in [9.17, 15) is 9.90 Å². The number of carbonyl (C=O) groups excluding carboxylic acids is 1. The molecule has 1 aliphatic rings. The number of ether oxygens (including phenoxy) is 1. The van der Waals surface area contributed by atoms with Crippen LogP contribution in [0.15, 0.2) is 16.7 Å². The second kappa shape index (κ2) is 4.27. The number of likely N-dealkylation sites (tertiary alicyclic amines) is 1. The van der Waals surface area contributed by atoms with Crippen LogP contribution >= 0.6 is 15.9 Å². The summed E-state index contributed by atoms with van der Waals surface area (Å²) in [7, 11) is 3.19. The van der Waals surface area contributed by atoms with Crippen LogP contribution in [0.1, 0.15) is 12.1 Å². The highest BCUT2D eigenvalue weighted by Gasteiger charge is 2.46. The van der Waals surface area contributed by atoms with Gasteiger partial charge < -0.3 is 14.7 Å². The monoisotopic (exact) mass is 300 g/mol. The number of likely N-dealkylation sites (N-methyl/N-ethyl adjacent to an activating group) is 1. The van der Waals surface area contributed by atoms with Crippen LogP contribution < -0.4 is 4.74 Å². The van der Waals surface area contributed by atoms with E-state index in [1.54, 1.807) is 19.2 Å². The normalized spacial score (nSPS) is 24.2. The quantitative estimate of drug-likeness (QED) is 0.825. The number of halogens is 1. The summed E-state index contributed by atoms with van der Waals surface area (Å²) in [6.07, 6.45) is 0.342. The number of rotatable bonds is 2. The minimum atomic E-state index is -1.54. The van der Waals surface area contributed by atoms with E-state index in [4.69, 9.17) is 4.74 Å². The Balaban J connectivity index is 2.46. The maximum Gasteiger partial charge on any atom is 0.260 e. The largest absolute Gasteiger partial charge is 0.497 e. The van der Waals surface area contributed by atoms with Gasteiger partial charge in [-0.15, -0.1) is 0 Å². The van der Waals surface area contributed by atoms with Gasteiger partial charge in [0.25, 0.3) is 5.91 Å². The maximum atomic E-state index is 11.9. The Labute approximate surface area is 108 Å². The Hall–Kier alpha value is -1.14. The van der Waals surface area contributed by atoms with Gasteiger partial charge in [-0.25, -0.2) is 4.98 Å². The Kier molecular flexibility index (Phi) is 3.09. The second-order valence-electron chi connectivity index (χ2n) is 4.05. The Bertz CT molecular complexity index is 466. The first kappa shape index (κ1) is 12.3. The molecule has 6 heteroatoms. The number of methoxy groups -OCH3 is 1. The zero-order valence-corrected chi connectivity index (χ0v) is 11.2. The Morgan fingerprint density at radius 2 is 2.29 bits per heavy atom. The summed E-state index contributed by atoms with van der Waals surface area (Å²) in [4.78, 5) is 17.6. The van der Waals surface area contributed by atoms with Crippen LogP contribution in [0, 0.1) is 0 Å². The van der Waals surface area contributed by atoms with Gasteiger partial charge in [0.05, 0.1) is 12.8 Å². The van der Waals surface area contributed by atoms with Gasteiger partial charge in [-0.3, -0.25) is 4.79 Å². The first-order valence-corrected chi connectivity index (χ1v) is 5.96. The van der Waals surface area contributed by atoms with Crippen LogP contribution in [-0.4, -0.2) is 41.6 Å². The van der Waals surface area contributed by atoms with E-state index in [2.05, 4.69) is 20.9 Å². The van der Waals surface area contributed by atoms with Crippen molar-refractivity contribution >= 4 is 21.8 Å². The molecule has 2 heterocycles. The molecule has 0 radical (unpaired) electrons. The number of carbonyl (C=O) groups is 1. The van der Waals surface area contributed by atoms with Crippen molar-refractivity contribution in [3.63, 3.8) is 0 Å². The highest BCUT2D eigenvalue weighted by atomic mass is 79.9. The highest BCUT2D eigenvalue weighted by Crippen LogP contribution is 2.33. The van der Waals surface area contributed by atoms with E-state index in [0.29, 0.717) is 29.0 Å². The first-order chi connectivity index (χ1) is 7.97. The zero-order valence-electron chi connectivity index (χ0n) is 9.61. The zero-order chi connectivity index (χ0) is 12.6. The summed E-state index contributed by atoms with van der Waals surface area (Å²) >= 11 is 3.23. The SMILES string of the molecule is COc1cc(Br)nc(C2(O)CCN(C)C2=O)c1. The second-order valence-corrected chi connectivity index (χ2v) is 4.86. The molecule has 1 atom stereocenters. The van der Waals surface area contributed by atoms with Gasteiger partial charge in [-0.05, 0) is 15.9 Å². The van der Waals surface area contributed by atoms with Crippen molar-refractivity contribution in [3.8, 4) is 5.75 Å². The molecular weight excluding hydrogens is 288 g/mol. The number of hydrogen-bond acceptors (Lipinski definition) is 4. The molecular formula is C11H13BrN2O3. The van der Waals surface area contributed by atoms with E-state index in [1.807, 2.05) is 0 Å². The molecule has 1 aromatic heterocycles. The number of hydrogen-bond donors (Lipinski definition) is 1. The van der Waals surface area contributed by atoms with Gasteiger partial charge in [0.1, 0.15) is 10.4 Å². The summed E-state index contributed by atoms with van der Waals surface area (Å²) in [6, 6.07) is 3.26. The first-order valence-electron chi connectivity index (χ1n) is 5.17. The minimum absolute atomic E-state index is 0.318. The van der Waals surface area contributed by atoms with E-state index in [-0.39, 0.29) is 5.91 Å². The van der Waals surface area contributed by atoms with E-state index < -0.39 is 5.60 Å². The van der Waals surface area contributed by atoms with Crippen molar-refractivity contribution in [2.24, 2.45) is 0 Å². The minimum Gasteiger partial charge on any atom is -0.497 e. The lowest BCUT2D eigenvalue weighted by atomic mass is 9.97. The van der Waals surface area contributed by atoms with Crippen LogP contribution in [0.3, 0.4) is 0 Å². The van der Waals surface area contributed by atoms with Crippen LogP contribution in [-0.2, 0) is 10.4 Å². The molecule has 17 heavy (non-hydrogen) atoms. The van der Waals surface area contributed by atoms with Crippen molar-refractivity contribution in [1.82, 2.24) is 9.88 Å². The van der Waals surface area contributed by atoms with Crippen molar-refractivity contribution in [2.75, 3.05) is 20.7 Å². The third-order valence-corrected chi connectivity index (χ3v) is 3.34. The number of amides is 1. The van der Waals surface area contributed by atoms with E-state index in [1.165, 1.54) is 12.0 Å². The maximum absolute atomic E-state index is 11.9. The lowest BCUT2D eigenvalue weighted by Crippen LogP contribution is -2.36. The van der Waals surface area contributed by atoms with Crippen LogP contribution in [0.4, 0.5) is 0 Å². The topological polar surface area (TPSA) is 62.7 Å². The third kappa shape index (κ3) is 2.02. The summed E-state index contributed by atoms with van der Waals surface area (Å²) in [5, 5.41) is 10.4. The average Bonchev–Trinajstić information content (AvgIpc) is 2.57. The van der Waals surface area contributed by atoms with Crippen molar-refractivity contribution in [3.05, 3.63) is 22.4 Å². The van der Waals surface area contributed by atoms with Gasteiger partial charge in [0.2, 0.25) is 0 Å². The lowest BCUT2D eigenvalue weighted by Gasteiger charge is -2.20. The third-order valence-electron chi connectivity index (χ3n) is 2.94. The fraction of sp³-hybridized carbons (Fsp3) is 0.455. The van der Waals surface area contributed by atoms with Crippen LogP contribution in [0.25, 0.3) is 0 Å². The molecule has 5 nitrogen and oxygen atoms in total. The molecule has 1 saturated heterocycles.